The number of pyridine rings is 1. The van der Waals surface area contributed by atoms with Crippen LogP contribution in [0.3, 0.4) is 0 Å². The third kappa shape index (κ3) is 3.80. The normalized spacial score (nSPS) is 12.1. The minimum Gasteiger partial charge on any atom is -0.435 e. The zero-order valence-electron chi connectivity index (χ0n) is 13.9. The van der Waals surface area contributed by atoms with Crippen LogP contribution in [0, 0.1) is 0 Å². The third-order valence-corrected chi connectivity index (χ3v) is 4.22. The Balaban J connectivity index is 1.93. The SMILES string of the molecule is COCC(C)Nc1ncnc(Oc2ccc(Br)c3cccnc23)c1N. The second-order valence-electron chi connectivity index (χ2n) is 5.49. The van der Waals surface area contributed by atoms with Gasteiger partial charge in [0.2, 0.25) is 5.88 Å². The van der Waals surface area contributed by atoms with Gasteiger partial charge in [0.25, 0.3) is 0 Å². The second-order valence-corrected chi connectivity index (χ2v) is 6.34. The third-order valence-electron chi connectivity index (χ3n) is 3.53. The summed E-state index contributed by atoms with van der Waals surface area (Å²) in [5, 5.41) is 4.12. The van der Waals surface area contributed by atoms with Crippen molar-refractivity contribution < 1.29 is 9.47 Å². The molecule has 0 saturated carbocycles. The summed E-state index contributed by atoms with van der Waals surface area (Å²) in [6.07, 6.45) is 3.12. The Morgan fingerprint density at radius 3 is 2.88 bits per heavy atom. The molecule has 0 aliphatic heterocycles. The summed E-state index contributed by atoms with van der Waals surface area (Å²) >= 11 is 3.52. The number of nitrogens with zero attached hydrogens (tertiary/aromatic N) is 3. The number of benzene rings is 1. The van der Waals surface area contributed by atoms with Crippen molar-refractivity contribution >= 4 is 38.3 Å². The predicted molar refractivity (Wildman–Crippen MR) is 101 cm³/mol. The highest BCUT2D eigenvalue weighted by Crippen LogP contribution is 2.35. The van der Waals surface area contributed by atoms with Crippen molar-refractivity contribution in [1.29, 1.82) is 0 Å². The molecule has 25 heavy (non-hydrogen) atoms. The zero-order valence-corrected chi connectivity index (χ0v) is 15.4. The average Bonchev–Trinajstić information content (AvgIpc) is 2.61. The van der Waals surface area contributed by atoms with Crippen LogP contribution in [0.15, 0.2) is 41.3 Å². The van der Waals surface area contributed by atoms with Crippen LogP contribution in [0.5, 0.6) is 11.6 Å². The molecule has 2 heterocycles. The first kappa shape index (κ1) is 17.4. The molecule has 1 atom stereocenters. The van der Waals surface area contributed by atoms with Crippen LogP contribution in [0.4, 0.5) is 11.5 Å². The van der Waals surface area contributed by atoms with Gasteiger partial charge in [-0.1, -0.05) is 22.0 Å². The molecular formula is C17H18BrN5O2. The molecule has 0 spiro atoms. The number of methoxy groups -OCH3 is 1. The fourth-order valence-corrected chi connectivity index (χ4v) is 2.85. The van der Waals surface area contributed by atoms with Gasteiger partial charge in [0.15, 0.2) is 11.6 Å². The van der Waals surface area contributed by atoms with Gasteiger partial charge in [-0.25, -0.2) is 4.98 Å². The molecular weight excluding hydrogens is 386 g/mol. The molecule has 0 fully saturated rings. The number of nitrogens with one attached hydrogen (secondary N) is 1. The summed E-state index contributed by atoms with van der Waals surface area (Å²) in [5.41, 5.74) is 7.22. The fourth-order valence-electron chi connectivity index (χ4n) is 2.40. The molecule has 3 aromatic rings. The van der Waals surface area contributed by atoms with Crippen molar-refractivity contribution in [2.45, 2.75) is 13.0 Å². The molecule has 130 valence electrons. The van der Waals surface area contributed by atoms with Crippen molar-refractivity contribution in [2.75, 3.05) is 24.8 Å². The summed E-state index contributed by atoms with van der Waals surface area (Å²) in [4.78, 5) is 12.7. The van der Waals surface area contributed by atoms with Gasteiger partial charge >= 0.3 is 0 Å². The fraction of sp³-hybridized carbons (Fsp3) is 0.235. The molecule has 0 aliphatic rings. The molecule has 1 unspecified atom stereocenters. The van der Waals surface area contributed by atoms with Crippen LogP contribution < -0.4 is 15.8 Å². The van der Waals surface area contributed by atoms with Crippen LogP contribution in [0.25, 0.3) is 10.9 Å². The van der Waals surface area contributed by atoms with Crippen LogP contribution in [0.2, 0.25) is 0 Å². The van der Waals surface area contributed by atoms with Gasteiger partial charge in [-0.05, 0) is 25.1 Å². The van der Waals surface area contributed by atoms with Crippen molar-refractivity contribution in [3.05, 3.63) is 41.3 Å². The van der Waals surface area contributed by atoms with Crippen molar-refractivity contribution in [3.63, 3.8) is 0 Å². The topological polar surface area (TPSA) is 95.2 Å². The van der Waals surface area contributed by atoms with E-state index in [-0.39, 0.29) is 11.9 Å². The average molecular weight is 404 g/mol. The van der Waals surface area contributed by atoms with Crippen molar-refractivity contribution in [1.82, 2.24) is 15.0 Å². The number of rotatable bonds is 6. The van der Waals surface area contributed by atoms with Gasteiger partial charge in [-0.2, -0.15) is 4.98 Å². The van der Waals surface area contributed by atoms with E-state index < -0.39 is 0 Å². The molecule has 0 amide bonds. The molecule has 0 aliphatic carbocycles. The molecule has 1 aromatic carbocycles. The minimum absolute atomic E-state index is 0.0465. The highest BCUT2D eigenvalue weighted by atomic mass is 79.9. The number of hydrogen-bond acceptors (Lipinski definition) is 7. The Labute approximate surface area is 153 Å². The van der Waals surface area contributed by atoms with Gasteiger partial charge in [-0.3, -0.25) is 4.98 Å². The van der Waals surface area contributed by atoms with E-state index in [4.69, 9.17) is 15.2 Å². The van der Waals surface area contributed by atoms with E-state index in [1.165, 1.54) is 6.33 Å². The van der Waals surface area contributed by atoms with E-state index in [9.17, 15) is 0 Å². The Hall–Kier alpha value is -2.45. The van der Waals surface area contributed by atoms with Crippen molar-refractivity contribution in [2.24, 2.45) is 0 Å². The molecule has 2 aromatic heterocycles. The summed E-state index contributed by atoms with van der Waals surface area (Å²) in [7, 11) is 1.64. The molecule has 0 saturated heterocycles. The first-order valence-electron chi connectivity index (χ1n) is 7.67. The summed E-state index contributed by atoms with van der Waals surface area (Å²) in [5.74, 6) is 1.35. The number of aromatic nitrogens is 3. The van der Waals surface area contributed by atoms with Gasteiger partial charge in [-0.15, -0.1) is 0 Å². The predicted octanol–water partition coefficient (Wildman–Crippen LogP) is 3.61. The molecule has 7 nitrogen and oxygen atoms in total. The maximum absolute atomic E-state index is 6.17. The van der Waals surface area contributed by atoms with E-state index in [0.717, 1.165) is 15.4 Å². The number of hydrogen-bond donors (Lipinski definition) is 2. The second kappa shape index (κ2) is 7.62. The van der Waals surface area contributed by atoms with Crippen molar-refractivity contribution in [3.8, 4) is 11.6 Å². The van der Waals surface area contributed by atoms with Crippen LogP contribution in [-0.2, 0) is 4.74 Å². The van der Waals surface area contributed by atoms with Crippen LogP contribution in [0.1, 0.15) is 6.92 Å². The lowest BCUT2D eigenvalue weighted by molar-refractivity contribution is 0.190. The number of halogens is 1. The van der Waals surface area contributed by atoms with Crippen LogP contribution in [-0.4, -0.2) is 34.7 Å². The maximum atomic E-state index is 6.17. The van der Waals surface area contributed by atoms with Gasteiger partial charge < -0.3 is 20.5 Å². The van der Waals surface area contributed by atoms with Gasteiger partial charge in [0, 0.05) is 29.2 Å². The standard InChI is InChI=1S/C17H18BrN5O2/c1-10(8-24-2)23-16-14(19)17(22-9-21-16)25-13-6-5-12(18)11-4-3-7-20-15(11)13/h3-7,9-10H,8,19H2,1-2H3,(H,21,22,23). The summed E-state index contributed by atoms with van der Waals surface area (Å²) in [6.45, 7) is 2.50. The minimum atomic E-state index is 0.0465. The molecule has 3 rings (SSSR count). The molecule has 0 bridgehead atoms. The number of nitrogens with two attached hydrogens (primary N) is 1. The summed E-state index contributed by atoms with van der Waals surface area (Å²) in [6, 6.07) is 7.60. The lowest BCUT2D eigenvalue weighted by Gasteiger charge is -2.16. The monoisotopic (exact) mass is 403 g/mol. The maximum Gasteiger partial charge on any atom is 0.248 e. The molecule has 3 N–H and O–H groups in total. The number of anilines is 2. The molecule has 8 heteroatoms. The first-order valence-corrected chi connectivity index (χ1v) is 8.46. The quantitative estimate of drug-likeness (QED) is 0.648. The number of ether oxygens (including phenoxy) is 2. The van der Waals surface area contributed by atoms with Crippen LogP contribution >= 0.6 is 15.9 Å². The van der Waals surface area contributed by atoms with Gasteiger partial charge in [0.1, 0.15) is 17.5 Å². The Morgan fingerprint density at radius 1 is 1.24 bits per heavy atom. The number of nitrogen functional groups attached to an aromatic ring is 1. The molecule has 0 radical (unpaired) electrons. The van der Waals surface area contributed by atoms with E-state index in [1.54, 1.807) is 13.3 Å². The zero-order chi connectivity index (χ0) is 17.8. The van der Waals surface area contributed by atoms with E-state index in [0.29, 0.717) is 23.9 Å². The largest absolute Gasteiger partial charge is 0.435 e. The first-order chi connectivity index (χ1) is 12.1. The lowest BCUT2D eigenvalue weighted by atomic mass is 10.2. The Kier molecular flexibility index (Phi) is 5.30. The van der Waals surface area contributed by atoms with E-state index in [2.05, 4.69) is 36.2 Å². The number of fused-ring (bicyclic) bond motifs is 1. The highest BCUT2D eigenvalue weighted by molar-refractivity contribution is 9.10. The van der Waals surface area contributed by atoms with E-state index in [1.807, 2.05) is 31.2 Å². The highest BCUT2D eigenvalue weighted by Gasteiger charge is 2.14. The smallest absolute Gasteiger partial charge is 0.248 e. The summed E-state index contributed by atoms with van der Waals surface area (Å²) < 4.78 is 12.0. The lowest BCUT2D eigenvalue weighted by Crippen LogP contribution is -2.22. The Morgan fingerprint density at radius 2 is 2.08 bits per heavy atom. The van der Waals surface area contributed by atoms with Gasteiger partial charge in [0.05, 0.1) is 6.61 Å². The van der Waals surface area contributed by atoms with E-state index >= 15 is 0 Å². The Bertz CT molecular complexity index is 890.